The second-order valence-corrected chi connectivity index (χ2v) is 7.50. The third kappa shape index (κ3) is 5.41. The van der Waals surface area contributed by atoms with Gasteiger partial charge in [0.05, 0.1) is 0 Å². The number of carbonyl (C=O) groups is 1. The first-order chi connectivity index (χ1) is 11.4. The Bertz CT molecular complexity index is 552. The summed E-state index contributed by atoms with van der Waals surface area (Å²) in [5.41, 5.74) is 3.09. The molecule has 0 aliphatic carbocycles. The van der Waals surface area contributed by atoms with Crippen molar-refractivity contribution in [3.05, 3.63) is 23.8 Å². The van der Waals surface area contributed by atoms with Gasteiger partial charge in [-0.3, -0.25) is 0 Å². The van der Waals surface area contributed by atoms with Crippen LogP contribution in [-0.2, 0) is 0 Å². The lowest BCUT2D eigenvalue weighted by Crippen LogP contribution is -2.30. The lowest BCUT2D eigenvalue weighted by atomic mass is 9.89. The van der Waals surface area contributed by atoms with Gasteiger partial charge in [-0.2, -0.15) is 0 Å². The molecule has 5 heteroatoms. The Morgan fingerprint density at radius 1 is 1.29 bits per heavy atom. The van der Waals surface area contributed by atoms with Crippen molar-refractivity contribution in [2.45, 2.75) is 46.5 Å². The molecule has 1 fully saturated rings. The van der Waals surface area contributed by atoms with E-state index in [0.717, 1.165) is 37.2 Å². The van der Waals surface area contributed by atoms with E-state index < -0.39 is 0 Å². The molecule has 1 saturated heterocycles. The number of aliphatic hydroxyl groups is 1. The summed E-state index contributed by atoms with van der Waals surface area (Å²) in [6.07, 6.45) is 4.25. The molecule has 0 radical (unpaired) electrons. The zero-order valence-electron chi connectivity index (χ0n) is 15.2. The maximum absolute atomic E-state index is 12.0. The Morgan fingerprint density at radius 2 is 2.00 bits per heavy atom. The van der Waals surface area contributed by atoms with Crippen LogP contribution in [0.5, 0.6) is 0 Å². The molecule has 2 rings (SSSR count). The van der Waals surface area contributed by atoms with Crippen molar-refractivity contribution >= 4 is 17.4 Å². The summed E-state index contributed by atoms with van der Waals surface area (Å²) in [6.45, 7) is 9.10. The number of amides is 2. The van der Waals surface area contributed by atoms with Crippen molar-refractivity contribution in [3.63, 3.8) is 0 Å². The number of anilines is 2. The van der Waals surface area contributed by atoms with Gasteiger partial charge in [0, 0.05) is 37.6 Å². The summed E-state index contributed by atoms with van der Waals surface area (Å²) >= 11 is 0. The van der Waals surface area contributed by atoms with E-state index >= 15 is 0 Å². The summed E-state index contributed by atoms with van der Waals surface area (Å²) in [5.74, 6) is 0. The summed E-state index contributed by atoms with van der Waals surface area (Å²) in [4.78, 5) is 14.4. The van der Waals surface area contributed by atoms with Crippen LogP contribution in [0.2, 0.25) is 0 Å². The predicted octanol–water partition coefficient (Wildman–Crippen LogP) is 3.52. The number of nitrogens with zero attached hydrogens (tertiary/aromatic N) is 1. The quantitative estimate of drug-likeness (QED) is 0.669. The van der Waals surface area contributed by atoms with E-state index in [9.17, 15) is 9.90 Å². The SMILES string of the molecule is Cc1cc(N2CCCC2)ccc1NC(=O)NCCCC(C)(C)CO. The summed E-state index contributed by atoms with van der Waals surface area (Å²) in [7, 11) is 0. The molecule has 2 amide bonds. The molecule has 1 heterocycles. The fourth-order valence-corrected chi connectivity index (χ4v) is 2.97. The van der Waals surface area contributed by atoms with Crippen molar-refractivity contribution < 1.29 is 9.90 Å². The summed E-state index contributed by atoms with van der Waals surface area (Å²) < 4.78 is 0. The molecule has 24 heavy (non-hydrogen) atoms. The predicted molar refractivity (Wildman–Crippen MR) is 99.7 cm³/mol. The molecule has 1 aliphatic heterocycles. The van der Waals surface area contributed by atoms with Gasteiger partial charge in [-0.15, -0.1) is 0 Å². The molecular formula is C19H31N3O2. The number of aliphatic hydroxyl groups excluding tert-OH is 1. The van der Waals surface area contributed by atoms with Crippen LogP contribution in [-0.4, -0.2) is 37.4 Å². The zero-order chi connectivity index (χ0) is 17.6. The van der Waals surface area contributed by atoms with E-state index in [1.54, 1.807) is 0 Å². The molecule has 0 spiro atoms. The summed E-state index contributed by atoms with van der Waals surface area (Å²) in [6, 6.07) is 6.04. The van der Waals surface area contributed by atoms with Crippen LogP contribution in [0.3, 0.4) is 0 Å². The molecule has 0 aromatic heterocycles. The highest BCUT2D eigenvalue weighted by Crippen LogP contribution is 2.25. The van der Waals surface area contributed by atoms with Gasteiger partial charge in [0.25, 0.3) is 0 Å². The molecule has 0 saturated carbocycles. The van der Waals surface area contributed by atoms with E-state index in [-0.39, 0.29) is 18.1 Å². The normalized spacial score (nSPS) is 14.8. The van der Waals surface area contributed by atoms with Crippen LogP contribution in [0.4, 0.5) is 16.2 Å². The highest BCUT2D eigenvalue weighted by molar-refractivity contribution is 5.90. The van der Waals surface area contributed by atoms with E-state index in [4.69, 9.17) is 0 Å². The molecule has 0 bridgehead atoms. The van der Waals surface area contributed by atoms with Gasteiger partial charge in [-0.05, 0) is 61.8 Å². The van der Waals surface area contributed by atoms with Crippen molar-refractivity contribution in [2.75, 3.05) is 36.5 Å². The van der Waals surface area contributed by atoms with Gasteiger partial charge >= 0.3 is 6.03 Å². The number of carbonyl (C=O) groups excluding carboxylic acids is 1. The number of rotatable bonds is 7. The molecular weight excluding hydrogens is 302 g/mol. The molecule has 1 aromatic rings. The number of hydrogen-bond donors (Lipinski definition) is 3. The molecule has 5 nitrogen and oxygen atoms in total. The molecule has 134 valence electrons. The Morgan fingerprint density at radius 3 is 2.62 bits per heavy atom. The van der Waals surface area contributed by atoms with Gasteiger partial charge in [-0.25, -0.2) is 4.79 Å². The average molecular weight is 333 g/mol. The minimum atomic E-state index is -0.172. The first-order valence-corrected chi connectivity index (χ1v) is 8.93. The highest BCUT2D eigenvalue weighted by atomic mass is 16.3. The van der Waals surface area contributed by atoms with Crippen LogP contribution in [0, 0.1) is 12.3 Å². The second kappa shape index (κ2) is 8.38. The van der Waals surface area contributed by atoms with Gasteiger partial charge in [0.2, 0.25) is 0 Å². The number of hydrogen-bond acceptors (Lipinski definition) is 3. The minimum absolute atomic E-state index is 0.0832. The first-order valence-electron chi connectivity index (χ1n) is 8.93. The molecule has 3 N–H and O–H groups in total. The van der Waals surface area contributed by atoms with E-state index in [1.165, 1.54) is 18.5 Å². The lowest BCUT2D eigenvalue weighted by Gasteiger charge is -2.21. The number of nitrogens with one attached hydrogen (secondary N) is 2. The third-order valence-corrected chi connectivity index (χ3v) is 4.67. The standard InChI is InChI=1S/C19H31N3O2/c1-15-13-16(22-11-4-5-12-22)7-8-17(15)21-18(24)20-10-6-9-19(2,3)14-23/h7-8,13,23H,4-6,9-12,14H2,1-3H3,(H2,20,21,24). The van der Waals surface area contributed by atoms with Crippen LogP contribution in [0.25, 0.3) is 0 Å². The van der Waals surface area contributed by atoms with E-state index in [1.807, 2.05) is 26.8 Å². The van der Waals surface area contributed by atoms with Gasteiger partial charge in [0.1, 0.15) is 0 Å². The Hall–Kier alpha value is -1.75. The van der Waals surface area contributed by atoms with Crippen LogP contribution >= 0.6 is 0 Å². The van der Waals surface area contributed by atoms with Crippen molar-refractivity contribution in [1.82, 2.24) is 5.32 Å². The molecule has 0 atom stereocenters. The van der Waals surface area contributed by atoms with Crippen LogP contribution < -0.4 is 15.5 Å². The molecule has 1 aliphatic rings. The maximum atomic E-state index is 12.0. The fourth-order valence-electron chi connectivity index (χ4n) is 2.97. The van der Waals surface area contributed by atoms with Crippen molar-refractivity contribution in [3.8, 4) is 0 Å². The maximum Gasteiger partial charge on any atom is 0.319 e. The van der Waals surface area contributed by atoms with Crippen molar-refractivity contribution in [1.29, 1.82) is 0 Å². The number of benzene rings is 1. The van der Waals surface area contributed by atoms with Crippen molar-refractivity contribution in [2.24, 2.45) is 5.41 Å². The second-order valence-electron chi connectivity index (χ2n) is 7.50. The van der Waals surface area contributed by atoms with E-state index in [2.05, 4.69) is 27.7 Å². The first kappa shape index (κ1) is 18.6. The zero-order valence-corrected chi connectivity index (χ0v) is 15.2. The number of urea groups is 1. The average Bonchev–Trinajstić information content (AvgIpc) is 3.08. The molecule has 1 aromatic carbocycles. The Labute approximate surface area is 145 Å². The van der Waals surface area contributed by atoms with Crippen LogP contribution in [0.1, 0.15) is 45.1 Å². The topological polar surface area (TPSA) is 64.6 Å². The van der Waals surface area contributed by atoms with E-state index in [0.29, 0.717) is 6.54 Å². The Kier molecular flexibility index (Phi) is 6.49. The highest BCUT2D eigenvalue weighted by Gasteiger charge is 2.16. The third-order valence-electron chi connectivity index (χ3n) is 4.67. The van der Waals surface area contributed by atoms with Gasteiger partial charge in [0.15, 0.2) is 0 Å². The van der Waals surface area contributed by atoms with Crippen LogP contribution in [0.15, 0.2) is 18.2 Å². The summed E-state index contributed by atoms with van der Waals surface area (Å²) in [5, 5.41) is 15.0. The smallest absolute Gasteiger partial charge is 0.319 e. The number of aryl methyl sites for hydroxylation is 1. The molecule has 0 unspecified atom stereocenters. The lowest BCUT2D eigenvalue weighted by molar-refractivity contribution is 0.148. The monoisotopic (exact) mass is 333 g/mol. The fraction of sp³-hybridized carbons (Fsp3) is 0.632. The van der Waals surface area contributed by atoms with Gasteiger partial charge < -0.3 is 20.6 Å². The minimum Gasteiger partial charge on any atom is -0.396 e. The largest absolute Gasteiger partial charge is 0.396 e. The van der Waals surface area contributed by atoms with Gasteiger partial charge in [-0.1, -0.05) is 13.8 Å². The Balaban J connectivity index is 1.79.